The van der Waals surface area contributed by atoms with Crippen LogP contribution in [-0.4, -0.2) is 44.7 Å². The highest BCUT2D eigenvalue weighted by molar-refractivity contribution is 5.27. The fraction of sp³-hybridized carbons (Fsp3) is 0.600. The van der Waals surface area contributed by atoms with E-state index in [2.05, 4.69) is 22.3 Å². The molecule has 1 aromatic carbocycles. The third-order valence-electron chi connectivity index (χ3n) is 3.55. The maximum Gasteiger partial charge on any atom is 0.118 e. The first kappa shape index (κ1) is 13.4. The molecule has 0 aromatic heterocycles. The van der Waals surface area contributed by atoms with Crippen LogP contribution in [0.4, 0.5) is 0 Å². The molecule has 0 aliphatic carbocycles. The largest absolute Gasteiger partial charge is 0.497 e. The zero-order chi connectivity index (χ0) is 12.6. The van der Waals surface area contributed by atoms with E-state index in [9.17, 15) is 0 Å². The van der Waals surface area contributed by atoms with Crippen molar-refractivity contribution in [3.05, 3.63) is 29.8 Å². The average molecular weight is 248 g/mol. The van der Waals surface area contributed by atoms with E-state index in [0.717, 1.165) is 25.3 Å². The number of hydrogen-bond donors (Lipinski definition) is 1. The molecule has 18 heavy (non-hydrogen) atoms. The molecular formula is C15H24N2O. The number of ether oxygens (including phenoxy) is 1. The van der Waals surface area contributed by atoms with Gasteiger partial charge in [0.15, 0.2) is 0 Å². The van der Waals surface area contributed by atoms with Gasteiger partial charge in [0.1, 0.15) is 5.75 Å². The minimum absolute atomic E-state index is 0.931. The molecule has 1 heterocycles. The molecule has 1 aliphatic heterocycles. The molecule has 0 saturated carbocycles. The molecule has 1 saturated heterocycles. The van der Waals surface area contributed by atoms with Crippen LogP contribution in [0.25, 0.3) is 0 Å². The van der Waals surface area contributed by atoms with Gasteiger partial charge in [-0.15, -0.1) is 0 Å². The lowest BCUT2D eigenvalue weighted by Crippen LogP contribution is -2.30. The van der Waals surface area contributed by atoms with Gasteiger partial charge in [0, 0.05) is 13.1 Å². The van der Waals surface area contributed by atoms with Gasteiger partial charge in [0.05, 0.1) is 7.11 Å². The molecule has 3 nitrogen and oxygen atoms in total. The quantitative estimate of drug-likeness (QED) is 0.746. The molecule has 0 amide bonds. The molecule has 1 N–H and O–H groups in total. The van der Waals surface area contributed by atoms with Crippen LogP contribution in [0.5, 0.6) is 5.75 Å². The highest BCUT2D eigenvalue weighted by Crippen LogP contribution is 2.11. The molecule has 0 unspecified atom stereocenters. The van der Waals surface area contributed by atoms with E-state index in [0.29, 0.717) is 0 Å². The van der Waals surface area contributed by atoms with Gasteiger partial charge in [0.2, 0.25) is 0 Å². The van der Waals surface area contributed by atoms with E-state index < -0.39 is 0 Å². The Morgan fingerprint density at radius 2 is 1.83 bits per heavy atom. The Morgan fingerprint density at radius 3 is 2.50 bits per heavy atom. The molecule has 100 valence electrons. The fourth-order valence-electron chi connectivity index (χ4n) is 2.39. The summed E-state index contributed by atoms with van der Waals surface area (Å²) < 4.78 is 5.15. The lowest BCUT2D eigenvalue weighted by atomic mass is 10.1. The van der Waals surface area contributed by atoms with E-state index in [1.165, 1.54) is 38.0 Å². The van der Waals surface area contributed by atoms with Crippen LogP contribution in [0.3, 0.4) is 0 Å². The van der Waals surface area contributed by atoms with Crippen LogP contribution in [0.1, 0.15) is 18.4 Å². The van der Waals surface area contributed by atoms with Crippen molar-refractivity contribution in [2.45, 2.75) is 19.3 Å². The molecule has 1 fully saturated rings. The molecule has 2 rings (SSSR count). The summed E-state index contributed by atoms with van der Waals surface area (Å²) in [6, 6.07) is 8.33. The second-order valence-corrected chi connectivity index (χ2v) is 4.90. The van der Waals surface area contributed by atoms with E-state index in [1.807, 2.05) is 12.1 Å². The van der Waals surface area contributed by atoms with Crippen LogP contribution >= 0.6 is 0 Å². The van der Waals surface area contributed by atoms with Gasteiger partial charge in [-0.1, -0.05) is 12.1 Å². The van der Waals surface area contributed by atoms with Crippen molar-refractivity contribution < 1.29 is 4.74 Å². The molecule has 0 radical (unpaired) electrons. The summed E-state index contributed by atoms with van der Waals surface area (Å²) in [7, 11) is 1.70. The minimum Gasteiger partial charge on any atom is -0.497 e. The minimum atomic E-state index is 0.931. The first-order chi connectivity index (χ1) is 8.88. The van der Waals surface area contributed by atoms with Gasteiger partial charge in [-0.25, -0.2) is 0 Å². The molecule has 3 heteroatoms. The Labute approximate surface area is 110 Å². The molecule has 0 bridgehead atoms. The fourth-order valence-corrected chi connectivity index (χ4v) is 2.39. The third kappa shape index (κ3) is 4.31. The second kappa shape index (κ2) is 7.39. The van der Waals surface area contributed by atoms with Crippen molar-refractivity contribution in [2.24, 2.45) is 0 Å². The van der Waals surface area contributed by atoms with Crippen LogP contribution in [0.2, 0.25) is 0 Å². The number of likely N-dealkylation sites (tertiary alicyclic amines) is 1. The van der Waals surface area contributed by atoms with Crippen LogP contribution in [0.15, 0.2) is 24.3 Å². The van der Waals surface area contributed by atoms with Crippen molar-refractivity contribution in [1.82, 2.24) is 10.2 Å². The van der Waals surface area contributed by atoms with Crippen LogP contribution in [-0.2, 0) is 6.42 Å². The predicted octanol–water partition coefficient (Wildman–Crippen LogP) is 1.92. The van der Waals surface area contributed by atoms with Crippen molar-refractivity contribution >= 4 is 0 Å². The number of benzene rings is 1. The first-order valence-electron chi connectivity index (χ1n) is 6.94. The zero-order valence-electron chi connectivity index (χ0n) is 11.3. The Kier molecular flexibility index (Phi) is 5.49. The number of rotatable bonds is 7. The monoisotopic (exact) mass is 248 g/mol. The Bertz CT molecular complexity index is 331. The van der Waals surface area contributed by atoms with E-state index in [-0.39, 0.29) is 0 Å². The molecule has 0 spiro atoms. The summed E-state index contributed by atoms with van der Waals surface area (Å²) in [6.45, 7) is 5.94. The van der Waals surface area contributed by atoms with Crippen molar-refractivity contribution in [3.8, 4) is 5.75 Å². The summed E-state index contributed by atoms with van der Waals surface area (Å²) in [6.07, 6.45) is 3.85. The van der Waals surface area contributed by atoms with Gasteiger partial charge in [-0.3, -0.25) is 0 Å². The predicted molar refractivity (Wildman–Crippen MR) is 75.2 cm³/mol. The summed E-state index contributed by atoms with van der Waals surface area (Å²) in [5, 5.41) is 3.52. The molecule has 1 aliphatic rings. The van der Waals surface area contributed by atoms with Gasteiger partial charge >= 0.3 is 0 Å². The highest BCUT2D eigenvalue weighted by Gasteiger charge is 2.09. The Hall–Kier alpha value is -1.06. The lowest BCUT2D eigenvalue weighted by Gasteiger charge is -2.14. The standard InChI is InChI=1S/C15H24N2O/c1-18-15-6-4-14(5-7-15)8-9-16-10-13-17-11-2-3-12-17/h4-7,16H,2-3,8-13H2,1H3. The SMILES string of the molecule is COc1ccc(CCNCCN2CCCC2)cc1. The van der Waals surface area contributed by atoms with Crippen molar-refractivity contribution in [3.63, 3.8) is 0 Å². The third-order valence-corrected chi connectivity index (χ3v) is 3.55. The van der Waals surface area contributed by atoms with Crippen LogP contribution < -0.4 is 10.1 Å². The lowest BCUT2D eigenvalue weighted by molar-refractivity contribution is 0.336. The molecular weight excluding hydrogens is 224 g/mol. The number of nitrogens with zero attached hydrogens (tertiary/aromatic N) is 1. The van der Waals surface area contributed by atoms with Crippen molar-refractivity contribution in [2.75, 3.05) is 39.8 Å². The maximum atomic E-state index is 5.15. The van der Waals surface area contributed by atoms with Crippen LogP contribution in [0, 0.1) is 0 Å². The van der Waals surface area contributed by atoms with Gasteiger partial charge in [-0.2, -0.15) is 0 Å². The number of methoxy groups -OCH3 is 1. The summed E-state index contributed by atoms with van der Waals surface area (Å²) in [5.74, 6) is 0.931. The maximum absolute atomic E-state index is 5.15. The van der Waals surface area contributed by atoms with Gasteiger partial charge in [0.25, 0.3) is 0 Å². The topological polar surface area (TPSA) is 24.5 Å². The van der Waals surface area contributed by atoms with Crippen molar-refractivity contribution in [1.29, 1.82) is 0 Å². The molecule has 0 atom stereocenters. The van der Waals surface area contributed by atoms with E-state index in [4.69, 9.17) is 4.74 Å². The Morgan fingerprint density at radius 1 is 1.11 bits per heavy atom. The second-order valence-electron chi connectivity index (χ2n) is 4.90. The van der Waals surface area contributed by atoms with E-state index >= 15 is 0 Å². The zero-order valence-corrected chi connectivity index (χ0v) is 11.3. The normalized spacial score (nSPS) is 16.1. The number of nitrogens with one attached hydrogen (secondary N) is 1. The Balaban J connectivity index is 1.56. The number of hydrogen-bond acceptors (Lipinski definition) is 3. The molecule has 1 aromatic rings. The van der Waals surface area contributed by atoms with Gasteiger partial charge < -0.3 is 15.0 Å². The van der Waals surface area contributed by atoms with E-state index in [1.54, 1.807) is 7.11 Å². The van der Waals surface area contributed by atoms with Gasteiger partial charge in [-0.05, 0) is 56.6 Å². The smallest absolute Gasteiger partial charge is 0.118 e. The summed E-state index contributed by atoms with van der Waals surface area (Å²) >= 11 is 0. The highest BCUT2D eigenvalue weighted by atomic mass is 16.5. The summed E-state index contributed by atoms with van der Waals surface area (Å²) in [5.41, 5.74) is 1.37. The first-order valence-corrected chi connectivity index (χ1v) is 6.94. The summed E-state index contributed by atoms with van der Waals surface area (Å²) in [4.78, 5) is 2.54. The average Bonchev–Trinajstić information content (AvgIpc) is 2.92.